The fraction of sp³-hybridized carbons (Fsp3) is 0.583. The molecule has 92 valence electrons. The average Bonchev–Trinajstić information content (AvgIpc) is 2.29. The smallest absolute Gasteiger partial charge is 0.330 e. The van der Waals surface area contributed by atoms with Crippen LogP contribution in [0.2, 0.25) is 0 Å². The van der Waals surface area contributed by atoms with E-state index in [0.717, 1.165) is 5.57 Å². The molecule has 16 heavy (non-hydrogen) atoms. The zero-order chi connectivity index (χ0) is 12.6. The van der Waals surface area contributed by atoms with Crippen LogP contribution in [0.1, 0.15) is 13.8 Å². The van der Waals surface area contributed by atoms with Crippen molar-refractivity contribution in [2.75, 3.05) is 21.0 Å². The maximum Gasteiger partial charge on any atom is 0.330 e. The Morgan fingerprint density at radius 1 is 1.44 bits per heavy atom. The van der Waals surface area contributed by atoms with Crippen molar-refractivity contribution < 1.29 is 19.0 Å². The highest BCUT2D eigenvalue weighted by Gasteiger charge is 2.17. The highest BCUT2D eigenvalue weighted by molar-refractivity contribution is 5.82. The summed E-state index contributed by atoms with van der Waals surface area (Å²) >= 11 is 0. The van der Waals surface area contributed by atoms with Crippen molar-refractivity contribution in [1.29, 1.82) is 0 Å². The zero-order valence-electron chi connectivity index (χ0n) is 10.4. The molecule has 0 saturated carbocycles. The first-order chi connectivity index (χ1) is 7.56. The second-order valence-corrected chi connectivity index (χ2v) is 3.47. The fourth-order valence-corrected chi connectivity index (χ4v) is 1.20. The van der Waals surface area contributed by atoms with Gasteiger partial charge in [-0.25, -0.2) is 4.79 Å². The van der Waals surface area contributed by atoms with Crippen LogP contribution in [0.25, 0.3) is 0 Å². The molecule has 0 aliphatic heterocycles. The third-order valence-electron chi connectivity index (χ3n) is 2.37. The van der Waals surface area contributed by atoms with Crippen LogP contribution in [0.4, 0.5) is 0 Å². The van der Waals surface area contributed by atoms with Crippen LogP contribution in [0.5, 0.6) is 0 Å². The van der Waals surface area contributed by atoms with Crippen molar-refractivity contribution in [3.05, 3.63) is 24.3 Å². The average molecular weight is 228 g/mol. The van der Waals surface area contributed by atoms with Gasteiger partial charge in [0, 0.05) is 19.1 Å². The first-order valence-corrected chi connectivity index (χ1v) is 5.06. The molecule has 0 spiro atoms. The monoisotopic (exact) mass is 228 g/mol. The van der Waals surface area contributed by atoms with E-state index < -0.39 is 0 Å². The summed E-state index contributed by atoms with van der Waals surface area (Å²) in [6.45, 7) is 7.70. The van der Waals surface area contributed by atoms with E-state index in [2.05, 4.69) is 11.3 Å². The quantitative estimate of drug-likeness (QED) is 0.289. The minimum Gasteiger partial charge on any atom is -0.466 e. The molecule has 0 aromatic heterocycles. The van der Waals surface area contributed by atoms with E-state index in [1.807, 2.05) is 13.8 Å². The van der Waals surface area contributed by atoms with Gasteiger partial charge in [-0.05, 0) is 6.92 Å². The Morgan fingerprint density at radius 2 is 2.06 bits per heavy atom. The number of carbonyl (C=O) groups is 1. The molecule has 0 saturated heterocycles. The number of hydrogen-bond acceptors (Lipinski definition) is 4. The molecule has 0 N–H and O–H groups in total. The zero-order valence-corrected chi connectivity index (χ0v) is 10.4. The van der Waals surface area contributed by atoms with Gasteiger partial charge in [0.15, 0.2) is 0 Å². The number of ether oxygens (including phenoxy) is 3. The maximum absolute atomic E-state index is 11.1. The summed E-state index contributed by atoms with van der Waals surface area (Å²) in [5, 5.41) is 0. The molecule has 0 aromatic rings. The molecule has 0 rings (SSSR count). The van der Waals surface area contributed by atoms with Gasteiger partial charge < -0.3 is 14.2 Å². The van der Waals surface area contributed by atoms with Crippen LogP contribution >= 0.6 is 0 Å². The molecule has 0 aromatic carbocycles. The minimum absolute atomic E-state index is 0.0479. The van der Waals surface area contributed by atoms with Crippen molar-refractivity contribution >= 4 is 5.97 Å². The van der Waals surface area contributed by atoms with Crippen molar-refractivity contribution in [3.8, 4) is 0 Å². The van der Waals surface area contributed by atoms with Gasteiger partial charge in [-0.15, -0.1) is 6.58 Å². The molecule has 0 unspecified atom stereocenters. The van der Waals surface area contributed by atoms with Gasteiger partial charge in [0.05, 0.1) is 13.2 Å². The third kappa shape index (κ3) is 5.09. The van der Waals surface area contributed by atoms with Crippen molar-refractivity contribution in [3.63, 3.8) is 0 Å². The molecule has 4 heteroatoms. The van der Waals surface area contributed by atoms with Crippen molar-refractivity contribution in [2.24, 2.45) is 5.92 Å². The van der Waals surface area contributed by atoms with Crippen LogP contribution < -0.4 is 0 Å². The molecule has 0 aliphatic rings. The Labute approximate surface area is 96.9 Å². The Hall–Kier alpha value is -1.13. The van der Waals surface area contributed by atoms with E-state index >= 15 is 0 Å². The number of carbonyl (C=O) groups excluding carboxylic acids is 1. The lowest BCUT2D eigenvalue weighted by molar-refractivity contribution is -0.134. The van der Waals surface area contributed by atoms with Crippen molar-refractivity contribution in [2.45, 2.75) is 20.0 Å². The van der Waals surface area contributed by atoms with E-state index in [1.165, 1.54) is 13.2 Å². The lowest BCUT2D eigenvalue weighted by Crippen LogP contribution is -2.22. The molecular formula is C12H20O4. The second-order valence-electron chi connectivity index (χ2n) is 3.47. The van der Waals surface area contributed by atoms with Crippen LogP contribution in [0.3, 0.4) is 0 Å². The summed E-state index contributed by atoms with van der Waals surface area (Å²) < 4.78 is 14.8. The van der Waals surface area contributed by atoms with Gasteiger partial charge in [-0.1, -0.05) is 18.6 Å². The fourth-order valence-electron chi connectivity index (χ4n) is 1.20. The predicted octanol–water partition coefficient (Wildman–Crippen LogP) is 1.92. The summed E-state index contributed by atoms with van der Waals surface area (Å²) in [4.78, 5) is 11.1. The van der Waals surface area contributed by atoms with Gasteiger partial charge in [0.2, 0.25) is 0 Å². The van der Waals surface area contributed by atoms with E-state index in [0.29, 0.717) is 0 Å². The SMILES string of the molecule is C=C[C@H](OCOC)[C@H](C)/C(C)=C\C(=O)OC. The first kappa shape index (κ1) is 14.9. The normalized spacial score (nSPS) is 15.4. The van der Waals surface area contributed by atoms with Crippen LogP contribution in [0.15, 0.2) is 24.3 Å². The van der Waals surface area contributed by atoms with Gasteiger partial charge in [0.25, 0.3) is 0 Å². The Bertz CT molecular complexity index is 258. The number of esters is 1. The van der Waals surface area contributed by atoms with E-state index in [1.54, 1.807) is 13.2 Å². The van der Waals surface area contributed by atoms with Gasteiger partial charge >= 0.3 is 5.97 Å². The Kier molecular flexibility index (Phi) is 7.50. The second kappa shape index (κ2) is 8.07. The summed E-state index contributed by atoms with van der Waals surface area (Å²) in [6.07, 6.45) is 2.97. The predicted molar refractivity (Wildman–Crippen MR) is 61.9 cm³/mol. The molecule has 0 aliphatic carbocycles. The van der Waals surface area contributed by atoms with Crippen molar-refractivity contribution in [1.82, 2.24) is 0 Å². The van der Waals surface area contributed by atoms with Gasteiger partial charge in [-0.3, -0.25) is 0 Å². The molecule has 0 fully saturated rings. The lowest BCUT2D eigenvalue weighted by atomic mass is 9.96. The standard InChI is InChI=1S/C12H20O4/c1-6-11(16-8-14-4)10(3)9(2)7-12(13)15-5/h6-7,10-11H,1,8H2,2-5H3/b9-7-/t10-,11+/m1/s1. The van der Waals surface area contributed by atoms with Crippen LogP contribution in [0, 0.1) is 5.92 Å². The molecule has 0 bridgehead atoms. The molecule has 0 radical (unpaired) electrons. The van der Waals surface area contributed by atoms with Crippen LogP contribution in [-0.2, 0) is 19.0 Å². The number of rotatable bonds is 7. The highest BCUT2D eigenvalue weighted by atomic mass is 16.7. The molecule has 4 nitrogen and oxygen atoms in total. The molecule has 0 heterocycles. The maximum atomic E-state index is 11.1. The summed E-state index contributed by atoms with van der Waals surface area (Å²) in [5.74, 6) is -0.314. The molecular weight excluding hydrogens is 208 g/mol. The lowest BCUT2D eigenvalue weighted by Gasteiger charge is -2.21. The van der Waals surface area contributed by atoms with E-state index in [9.17, 15) is 4.79 Å². The Morgan fingerprint density at radius 3 is 2.50 bits per heavy atom. The van der Waals surface area contributed by atoms with Gasteiger partial charge in [0.1, 0.15) is 6.79 Å². The summed E-state index contributed by atoms with van der Waals surface area (Å²) in [5.41, 5.74) is 0.882. The number of methoxy groups -OCH3 is 2. The topological polar surface area (TPSA) is 44.8 Å². The molecule has 0 amide bonds. The van der Waals surface area contributed by atoms with Crippen LogP contribution in [-0.4, -0.2) is 33.1 Å². The summed E-state index contributed by atoms with van der Waals surface area (Å²) in [6, 6.07) is 0. The first-order valence-electron chi connectivity index (χ1n) is 5.06. The Balaban J connectivity index is 4.48. The largest absolute Gasteiger partial charge is 0.466 e. The van der Waals surface area contributed by atoms with E-state index in [-0.39, 0.29) is 24.8 Å². The number of hydrogen-bond donors (Lipinski definition) is 0. The summed E-state index contributed by atoms with van der Waals surface area (Å²) in [7, 11) is 2.91. The minimum atomic E-state index is -0.362. The third-order valence-corrected chi connectivity index (χ3v) is 2.37. The highest BCUT2D eigenvalue weighted by Crippen LogP contribution is 2.18. The van der Waals surface area contributed by atoms with E-state index in [4.69, 9.17) is 9.47 Å². The van der Waals surface area contributed by atoms with Gasteiger partial charge in [-0.2, -0.15) is 0 Å². The molecule has 2 atom stereocenters.